The largest absolute Gasteiger partial charge is 0.502 e. The average molecular weight is 374 g/mol. The number of hydrogen-bond donors (Lipinski definition) is 1. The summed E-state index contributed by atoms with van der Waals surface area (Å²) >= 11 is 0. The van der Waals surface area contributed by atoms with Crippen molar-refractivity contribution in [1.29, 1.82) is 0 Å². The molecule has 0 saturated heterocycles. The first kappa shape index (κ1) is 17.6. The maximum atomic E-state index is 10.2. The molecule has 2 heterocycles. The zero-order valence-corrected chi connectivity index (χ0v) is 15.7. The second-order valence-electron chi connectivity index (χ2n) is 6.71. The maximum Gasteiger partial charge on any atom is 0.231 e. The zero-order valence-electron chi connectivity index (χ0n) is 15.7. The molecule has 0 spiro atoms. The Bertz CT molecular complexity index is 854. The fourth-order valence-electron chi connectivity index (χ4n) is 3.59. The molecule has 4 rings (SSSR count). The first-order valence-electron chi connectivity index (χ1n) is 8.60. The Morgan fingerprint density at radius 2 is 1.59 bits per heavy atom. The van der Waals surface area contributed by atoms with Gasteiger partial charge in [0.15, 0.2) is 23.0 Å². The minimum absolute atomic E-state index is 0.0313. The van der Waals surface area contributed by atoms with Gasteiger partial charge in [0.2, 0.25) is 18.3 Å². The second-order valence-corrected chi connectivity index (χ2v) is 6.71. The van der Waals surface area contributed by atoms with E-state index in [9.17, 15) is 5.11 Å². The monoisotopic (exact) mass is 374 g/mol. The van der Waals surface area contributed by atoms with E-state index in [2.05, 4.69) is 0 Å². The van der Waals surface area contributed by atoms with Crippen molar-refractivity contribution in [3.05, 3.63) is 35.4 Å². The molecule has 0 fully saturated rings. The molecule has 0 radical (unpaired) electrons. The van der Waals surface area contributed by atoms with Crippen molar-refractivity contribution in [3.8, 4) is 34.5 Å². The molecule has 7 heteroatoms. The summed E-state index contributed by atoms with van der Waals surface area (Å²) in [5, 5.41) is 10.2. The van der Waals surface area contributed by atoms with Crippen LogP contribution < -0.4 is 23.7 Å². The first-order chi connectivity index (χ1) is 13.0. The number of ether oxygens (including phenoxy) is 6. The summed E-state index contributed by atoms with van der Waals surface area (Å²) in [5.41, 5.74) is 1.86. The van der Waals surface area contributed by atoms with E-state index in [4.69, 9.17) is 28.4 Å². The summed E-state index contributed by atoms with van der Waals surface area (Å²) in [6.45, 7) is 2.08. The predicted molar refractivity (Wildman–Crippen MR) is 96.3 cm³/mol. The highest BCUT2D eigenvalue weighted by Gasteiger charge is 2.40. The van der Waals surface area contributed by atoms with Crippen molar-refractivity contribution >= 4 is 0 Å². The summed E-state index contributed by atoms with van der Waals surface area (Å²) < 4.78 is 33.4. The molecular weight excluding hydrogens is 352 g/mol. The summed E-state index contributed by atoms with van der Waals surface area (Å²) in [4.78, 5) is 0. The molecule has 0 aromatic heterocycles. The van der Waals surface area contributed by atoms with Crippen molar-refractivity contribution in [2.45, 2.75) is 25.0 Å². The van der Waals surface area contributed by atoms with Crippen molar-refractivity contribution in [2.75, 3.05) is 28.1 Å². The molecule has 2 atom stereocenters. The minimum atomic E-state index is -0.816. The predicted octanol–water partition coefficient (Wildman–Crippen LogP) is 3.42. The lowest BCUT2D eigenvalue weighted by Gasteiger charge is -2.39. The first-order valence-corrected chi connectivity index (χ1v) is 8.60. The normalized spacial score (nSPS) is 22.7. The molecule has 2 unspecified atom stereocenters. The highest BCUT2D eigenvalue weighted by atomic mass is 16.7. The van der Waals surface area contributed by atoms with Crippen LogP contribution in [0.3, 0.4) is 0 Å². The SMILES string of the molecule is COc1cc(C2CC(C)(OC)Oc3cc4c(cc32)OCO4)cc(OC)c1O. The molecule has 2 aliphatic heterocycles. The Balaban J connectivity index is 1.88. The van der Waals surface area contributed by atoms with Gasteiger partial charge in [0, 0.05) is 38.0 Å². The van der Waals surface area contributed by atoms with Gasteiger partial charge < -0.3 is 33.5 Å². The maximum absolute atomic E-state index is 10.2. The topological polar surface area (TPSA) is 75.6 Å². The molecule has 0 aliphatic carbocycles. The third-order valence-corrected chi connectivity index (χ3v) is 5.12. The minimum Gasteiger partial charge on any atom is -0.502 e. The lowest BCUT2D eigenvalue weighted by Crippen LogP contribution is -2.40. The van der Waals surface area contributed by atoms with E-state index >= 15 is 0 Å². The Morgan fingerprint density at radius 3 is 2.19 bits per heavy atom. The van der Waals surface area contributed by atoms with E-state index in [0.29, 0.717) is 35.2 Å². The molecule has 2 aromatic rings. The molecule has 27 heavy (non-hydrogen) atoms. The van der Waals surface area contributed by atoms with Crippen LogP contribution in [0.25, 0.3) is 0 Å². The molecule has 2 aliphatic rings. The Hall–Kier alpha value is -2.80. The summed E-state index contributed by atoms with van der Waals surface area (Å²) in [6.07, 6.45) is 0.563. The van der Waals surface area contributed by atoms with Crippen LogP contribution >= 0.6 is 0 Å². The number of hydrogen-bond acceptors (Lipinski definition) is 7. The number of aromatic hydroxyl groups is 1. The fraction of sp³-hybridized carbons (Fsp3) is 0.400. The van der Waals surface area contributed by atoms with Gasteiger partial charge in [-0.2, -0.15) is 0 Å². The Morgan fingerprint density at radius 1 is 0.963 bits per heavy atom. The summed E-state index contributed by atoms with van der Waals surface area (Å²) in [6, 6.07) is 7.37. The van der Waals surface area contributed by atoms with Crippen LogP contribution in [-0.4, -0.2) is 39.0 Å². The van der Waals surface area contributed by atoms with Gasteiger partial charge in [-0.15, -0.1) is 0 Å². The molecule has 1 N–H and O–H groups in total. The quantitative estimate of drug-likeness (QED) is 0.879. The van der Waals surface area contributed by atoms with Crippen LogP contribution in [-0.2, 0) is 4.74 Å². The summed E-state index contributed by atoms with van der Waals surface area (Å²) in [7, 11) is 4.63. The number of fused-ring (bicyclic) bond motifs is 2. The smallest absolute Gasteiger partial charge is 0.231 e. The number of benzene rings is 2. The Kier molecular flexibility index (Phi) is 4.19. The van der Waals surface area contributed by atoms with Gasteiger partial charge in [0.25, 0.3) is 0 Å². The van der Waals surface area contributed by atoms with E-state index in [1.54, 1.807) is 19.2 Å². The molecule has 0 amide bonds. The van der Waals surface area contributed by atoms with Crippen LogP contribution in [0, 0.1) is 0 Å². The standard InChI is InChI=1S/C20H22O7/c1-20(24-4)9-13(11-5-17(22-2)19(21)18(6-11)23-3)12-7-15-16(26-10-25-15)8-14(12)27-20/h5-8,13,21H,9-10H2,1-4H3. The van der Waals surface area contributed by atoms with Gasteiger partial charge in [-0.25, -0.2) is 0 Å². The van der Waals surface area contributed by atoms with E-state index in [0.717, 1.165) is 11.1 Å². The lowest BCUT2D eigenvalue weighted by molar-refractivity contribution is -0.163. The highest BCUT2D eigenvalue weighted by molar-refractivity contribution is 5.59. The zero-order chi connectivity index (χ0) is 19.2. The van der Waals surface area contributed by atoms with Gasteiger partial charge in [-0.3, -0.25) is 0 Å². The van der Waals surface area contributed by atoms with Crippen LogP contribution in [0.15, 0.2) is 24.3 Å². The van der Waals surface area contributed by atoms with Gasteiger partial charge in [0.05, 0.1) is 14.2 Å². The molecule has 0 saturated carbocycles. The highest BCUT2D eigenvalue weighted by Crippen LogP contribution is 2.51. The Labute approximate surface area is 157 Å². The van der Waals surface area contributed by atoms with Crippen molar-refractivity contribution < 1.29 is 33.5 Å². The molecule has 144 valence electrons. The summed E-state index contributed by atoms with van der Waals surface area (Å²) in [5.74, 6) is 1.76. The van der Waals surface area contributed by atoms with Gasteiger partial charge in [-0.05, 0) is 23.8 Å². The lowest BCUT2D eigenvalue weighted by atomic mass is 9.82. The van der Waals surface area contributed by atoms with E-state index in [1.165, 1.54) is 14.2 Å². The van der Waals surface area contributed by atoms with E-state index in [1.807, 2.05) is 19.1 Å². The fourth-order valence-corrected chi connectivity index (χ4v) is 3.59. The van der Waals surface area contributed by atoms with E-state index in [-0.39, 0.29) is 18.5 Å². The van der Waals surface area contributed by atoms with Gasteiger partial charge in [0.1, 0.15) is 5.75 Å². The van der Waals surface area contributed by atoms with Crippen LogP contribution in [0.1, 0.15) is 30.4 Å². The number of phenolic OH excluding ortho intramolecular Hbond substituents is 1. The molecule has 7 nitrogen and oxygen atoms in total. The number of methoxy groups -OCH3 is 3. The van der Waals surface area contributed by atoms with Crippen molar-refractivity contribution in [1.82, 2.24) is 0 Å². The van der Waals surface area contributed by atoms with Crippen molar-refractivity contribution in [2.24, 2.45) is 0 Å². The molecule has 0 bridgehead atoms. The average Bonchev–Trinajstić information content (AvgIpc) is 3.13. The van der Waals surface area contributed by atoms with Crippen molar-refractivity contribution in [3.63, 3.8) is 0 Å². The van der Waals surface area contributed by atoms with E-state index < -0.39 is 5.79 Å². The number of phenols is 1. The van der Waals surface area contributed by atoms with Crippen LogP contribution in [0.5, 0.6) is 34.5 Å². The third-order valence-electron chi connectivity index (χ3n) is 5.12. The van der Waals surface area contributed by atoms with Gasteiger partial charge in [-0.1, -0.05) is 0 Å². The van der Waals surface area contributed by atoms with Crippen LogP contribution in [0.4, 0.5) is 0 Å². The molecular formula is C20H22O7. The third kappa shape index (κ3) is 2.88. The molecule has 2 aromatic carbocycles. The second kappa shape index (κ2) is 6.42. The van der Waals surface area contributed by atoms with Gasteiger partial charge >= 0.3 is 0 Å². The number of rotatable bonds is 4. The van der Waals surface area contributed by atoms with Crippen LogP contribution in [0.2, 0.25) is 0 Å².